The molecule has 14 heavy (non-hydrogen) atoms. The zero-order valence-electron chi connectivity index (χ0n) is 8.14. The number of carboxylic acid groups (broad SMARTS) is 1. The number of carbonyl (C=O) groups is 2. The number of aliphatic carboxylic acids is 1. The molecule has 0 radical (unpaired) electrons. The topological polar surface area (TPSA) is 57.6 Å². The fourth-order valence-electron chi connectivity index (χ4n) is 1.40. The van der Waals surface area contributed by atoms with Crippen LogP contribution in [0.5, 0.6) is 0 Å². The molecule has 1 saturated heterocycles. The maximum atomic E-state index is 11.5. The van der Waals surface area contributed by atoms with Crippen molar-refractivity contribution in [2.24, 2.45) is 0 Å². The molecule has 1 N–H and O–H groups in total. The Balaban J connectivity index is 2.81. The van der Waals surface area contributed by atoms with Crippen LogP contribution in [0.1, 0.15) is 13.8 Å². The van der Waals surface area contributed by atoms with Gasteiger partial charge in [0, 0.05) is 5.75 Å². The smallest absolute Gasteiger partial charge is 0.327 e. The van der Waals surface area contributed by atoms with E-state index in [1.807, 2.05) is 6.92 Å². The number of thioether (sulfide) groups is 1. The maximum absolute atomic E-state index is 11.5. The van der Waals surface area contributed by atoms with E-state index in [2.05, 4.69) is 0 Å². The summed E-state index contributed by atoms with van der Waals surface area (Å²) in [5.74, 6) is -0.683. The molecule has 1 aliphatic rings. The predicted molar refractivity (Wildman–Crippen MR) is 55.0 cm³/mol. The number of hydrogen-bond acceptors (Lipinski definition) is 3. The van der Waals surface area contributed by atoms with Crippen molar-refractivity contribution in [1.29, 1.82) is 0 Å². The molecule has 0 aromatic carbocycles. The molecule has 1 fully saturated rings. The van der Waals surface area contributed by atoms with Crippen LogP contribution in [0.2, 0.25) is 0 Å². The van der Waals surface area contributed by atoms with Crippen LogP contribution in [0.15, 0.2) is 12.2 Å². The lowest BCUT2D eigenvalue weighted by Crippen LogP contribution is -2.43. The van der Waals surface area contributed by atoms with Gasteiger partial charge in [-0.05, 0) is 19.9 Å². The van der Waals surface area contributed by atoms with Crippen LogP contribution in [0.4, 0.5) is 0 Å². The third kappa shape index (κ3) is 2.09. The Hall–Kier alpha value is -0.970. The molecule has 5 heteroatoms. The molecule has 78 valence electrons. The highest BCUT2D eigenvalue weighted by Crippen LogP contribution is 2.28. The van der Waals surface area contributed by atoms with E-state index in [4.69, 9.17) is 5.11 Å². The van der Waals surface area contributed by atoms with Gasteiger partial charge in [-0.1, -0.05) is 6.08 Å². The number of carbonyl (C=O) groups excluding carboxylic acids is 1. The zero-order chi connectivity index (χ0) is 10.7. The van der Waals surface area contributed by atoms with Gasteiger partial charge in [0.2, 0.25) is 5.91 Å². The molecule has 2 unspecified atom stereocenters. The molecular formula is C9H13NO3S. The molecule has 0 bridgehead atoms. The second-order valence-corrected chi connectivity index (χ2v) is 4.38. The maximum Gasteiger partial charge on any atom is 0.327 e. The predicted octanol–water partition coefficient (Wildman–Crippen LogP) is 0.937. The minimum Gasteiger partial charge on any atom is -0.480 e. The summed E-state index contributed by atoms with van der Waals surface area (Å²) >= 11 is 1.49. The molecule has 0 aliphatic carbocycles. The summed E-state index contributed by atoms with van der Waals surface area (Å²) in [7, 11) is 0. The fraction of sp³-hybridized carbons (Fsp3) is 0.556. The van der Waals surface area contributed by atoms with Gasteiger partial charge in [-0.2, -0.15) is 0 Å². The lowest BCUT2D eigenvalue weighted by molar-refractivity contribution is -0.147. The van der Waals surface area contributed by atoms with Crippen LogP contribution in [-0.4, -0.2) is 39.1 Å². The molecule has 1 amide bonds. The Morgan fingerprint density at radius 1 is 1.57 bits per heavy atom. The first-order valence-corrected chi connectivity index (χ1v) is 5.42. The van der Waals surface area contributed by atoms with Gasteiger partial charge in [-0.25, -0.2) is 4.79 Å². The van der Waals surface area contributed by atoms with Gasteiger partial charge in [-0.3, -0.25) is 4.79 Å². The summed E-state index contributed by atoms with van der Waals surface area (Å²) in [5.41, 5.74) is 0. The van der Waals surface area contributed by atoms with E-state index in [1.165, 1.54) is 22.7 Å². The second-order valence-electron chi connectivity index (χ2n) is 3.03. The lowest BCUT2D eigenvalue weighted by atomic mass is 10.2. The lowest BCUT2D eigenvalue weighted by Gasteiger charge is -2.23. The molecule has 2 atom stereocenters. The van der Waals surface area contributed by atoms with Crippen LogP contribution >= 0.6 is 11.8 Å². The third-order valence-corrected chi connectivity index (χ3v) is 3.29. The van der Waals surface area contributed by atoms with Crippen molar-refractivity contribution in [3.05, 3.63) is 12.2 Å². The van der Waals surface area contributed by atoms with Gasteiger partial charge in [0.05, 0.1) is 5.37 Å². The van der Waals surface area contributed by atoms with Crippen molar-refractivity contribution < 1.29 is 14.7 Å². The van der Waals surface area contributed by atoms with Crippen LogP contribution in [0, 0.1) is 0 Å². The monoisotopic (exact) mass is 215 g/mol. The van der Waals surface area contributed by atoms with E-state index in [9.17, 15) is 9.59 Å². The molecule has 0 spiro atoms. The van der Waals surface area contributed by atoms with Crippen molar-refractivity contribution in [2.45, 2.75) is 25.3 Å². The average molecular weight is 215 g/mol. The summed E-state index contributed by atoms with van der Waals surface area (Å²) in [5, 5.41) is 8.83. The quantitative estimate of drug-likeness (QED) is 0.696. The minimum absolute atomic E-state index is 0.0557. The van der Waals surface area contributed by atoms with Gasteiger partial charge in [0.1, 0.15) is 6.04 Å². The summed E-state index contributed by atoms with van der Waals surface area (Å²) in [6.45, 7) is 3.58. The van der Waals surface area contributed by atoms with Gasteiger partial charge in [-0.15, -0.1) is 11.8 Å². The Morgan fingerprint density at radius 3 is 2.71 bits per heavy atom. The number of carboxylic acids is 1. The van der Waals surface area contributed by atoms with E-state index in [0.29, 0.717) is 5.75 Å². The highest BCUT2D eigenvalue weighted by Gasteiger charge is 2.38. The molecule has 0 aromatic rings. The molecule has 0 saturated carbocycles. The van der Waals surface area contributed by atoms with Crippen molar-refractivity contribution in [3.63, 3.8) is 0 Å². The van der Waals surface area contributed by atoms with Crippen molar-refractivity contribution in [1.82, 2.24) is 4.90 Å². The number of nitrogens with zero attached hydrogens (tertiary/aromatic N) is 1. The Morgan fingerprint density at radius 2 is 2.21 bits per heavy atom. The molecular weight excluding hydrogens is 202 g/mol. The summed E-state index contributed by atoms with van der Waals surface area (Å²) in [6, 6.07) is -0.682. The zero-order valence-corrected chi connectivity index (χ0v) is 8.95. The first kappa shape index (κ1) is 11.1. The molecule has 1 rings (SSSR count). The van der Waals surface area contributed by atoms with E-state index in [-0.39, 0.29) is 11.3 Å². The van der Waals surface area contributed by atoms with Gasteiger partial charge in [0.15, 0.2) is 0 Å². The van der Waals surface area contributed by atoms with Crippen LogP contribution in [-0.2, 0) is 9.59 Å². The first-order valence-electron chi connectivity index (χ1n) is 4.37. The molecule has 1 heterocycles. The fourth-order valence-corrected chi connectivity index (χ4v) is 2.57. The van der Waals surface area contributed by atoms with E-state index in [0.717, 1.165) is 0 Å². The molecule has 4 nitrogen and oxygen atoms in total. The highest BCUT2D eigenvalue weighted by atomic mass is 32.2. The van der Waals surface area contributed by atoms with E-state index >= 15 is 0 Å². The SMILES string of the molecule is C/C=C/C(=O)N1C(C)SCC1C(=O)O. The van der Waals surface area contributed by atoms with Crippen molar-refractivity contribution in [2.75, 3.05) is 5.75 Å². The Kier molecular flexibility index (Phi) is 3.57. The minimum atomic E-state index is -0.931. The Bertz CT molecular complexity index is 277. The summed E-state index contributed by atoms with van der Waals surface area (Å²) in [6.07, 6.45) is 3.02. The molecule has 1 aliphatic heterocycles. The van der Waals surface area contributed by atoms with Crippen molar-refractivity contribution in [3.8, 4) is 0 Å². The van der Waals surface area contributed by atoms with Gasteiger partial charge >= 0.3 is 5.97 Å². The number of rotatable bonds is 2. The van der Waals surface area contributed by atoms with E-state index in [1.54, 1.807) is 13.0 Å². The standard InChI is InChI=1S/C9H13NO3S/c1-3-4-8(11)10-6(2)14-5-7(10)9(12)13/h3-4,6-7H,5H2,1-2H3,(H,12,13)/b4-3+. The third-order valence-electron chi connectivity index (χ3n) is 2.07. The van der Waals surface area contributed by atoms with Crippen LogP contribution < -0.4 is 0 Å². The van der Waals surface area contributed by atoms with Crippen LogP contribution in [0.3, 0.4) is 0 Å². The highest BCUT2D eigenvalue weighted by molar-refractivity contribution is 8.00. The normalized spacial score (nSPS) is 27.1. The summed E-state index contributed by atoms with van der Waals surface area (Å²) in [4.78, 5) is 23.8. The van der Waals surface area contributed by atoms with Crippen molar-refractivity contribution >= 4 is 23.6 Å². The largest absolute Gasteiger partial charge is 0.480 e. The first-order chi connectivity index (χ1) is 6.57. The van der Waals surface area contributed by atoms with Crippen LogP contribution in [0.25, 0.3) is 0 Å². The summed E-state index contributed by atoms with van der Waals surface area (Å²) < 4.78 is 0. The number of amides is 1. The second kappa shape index (κ2) is 4.50. The van der Waals surface area contributed by atoms with Gasteiger partial charge in [0.25, 0.3) is 0 Å². The molecule has 0 aromatic heterocycles. The average Bonchev–Trinajstić information content (AvgIpc) is 2.47. The van der Waals surface area contributed by atoms with E-state index < -0.39 is 12.0 Å². The number of allylic oxidation sites excluding steroid dienone is 1. The number of hydrogen-bond donors (Lipinski definition) is 1. The Labute approximate surface area is 87.0 Å². The van der Waals surface area contributed by atoms with Gasteiger partial charge < -0.3 is 10.0 Å².